The molecule has 1 aromatic heterocycles. The van der Waals surface area contributed by atoms with Gasteiger partial charge in [0, 0.05) is 0 Å². The number of carboxylic acids is 1. The number of rotatable bonds is 3. The number of amides is 1. The van der Waals surface area contributed by atoms with E-state index in [1.807, 2.05) is 0 Å². The summed E-state index contributed by atoms with van der Waals surface area (Å²) in [6.45, 7) is 1.12. The van der Waals surface area contributed by atoms with E-state index in [1.54, 1.807) is 0 Å². The lowest BCUT2D eigenvalue weighted by Gasteiger charge is -2.35. The van der Waals surface area contributed by atoms with Gasteiger partial charge in [0.25, 0.3) is 0 Å². The summed E-state index contributed by atoms with van der Waals surface area (Å²) in [5, 5.41) is 15.9. The average Bonchev–Trinajstić information content (AvgIpc) is 2.87. The van der Waals surface area contributed by atoms with Gasteiger partial charge < -0.3 is 10.0 Å². The molecule has 2 fully saturated rings. The first-order valence-corrected chi connectivity index (χ1v) is 7.45. The molecule has 2 saturated heterocycles. The van der Waals surface area contributed by atoms with Crippen molar-refractivity contribution in [2.24, 2.45) is 0 Å². The number of hydrogen-bond acceptors (Lipinski definition) is 6. The fourth-order valence-corrected chi connectivity index (χ4v) is 5.24. The molecule has 1 N–H and O–H groups in total. The molecule has 0 unspecified atom stereocenters. The van der Waals surface area contributed by atoms with Crippen molar-refractivity contribution in [1.82, 2.24) is 19.9 Å². The van der Waals surface area contributed by atoms with Gasteiger partial charge in [-0.1, -0.05) is 0 Å². The zero-order valence-corrected chi connectivity index (χ0v) is 11.3. The van der Waals surface area contributed by atoms with Gasteiger partial charge in [-0.15, -0.1) is 0 Å². The highest BCUT2D eigenvalue weighted by molar-refractivity contribution is 7.93. The third-order valence-electron chi connectivity index (χ3n) is 3.97. The summed E-state index contributed by atoms with van der Waals surface area (Å²) in [6.07, 6.45) is 2.59. The molecule has 108 valence electrons. The van der Waals surface area contributed by atoms with Crippen molar-refractivity contribution < 1.29 is 23.1 Å². The molecule has 20 heavy (non-hydrogen) atoms. The third-order valence-corrected chi connectivity index (χ3v) is 6.73. The Morgan fingerprint density at radius 3 is 2.60 bits per heavy atom. The minimum Gasteiger partial charge on any atom is -0.480 e. The maximum atomic E-state index is 12.5. The number of aromatic nitrogens is 3. The SMILES string of the molecule is C[C@]1(Cn2nccn2)[C@H](C(=O)O)N2C(=O)C[C@H]2S1(=O)=O. The Hall–Kier alpha value is -1.97. The van der Waals surface area contributed by atoms with Crippen molar-refractivity contribution >= 4 is 21.7 Å². The largest absolute Gasteiger partial charge is 0.480 e. The first-order valence-electron chi connectivity index (χ1n) is 5.90. The Labute approximate surface area is 114 Å². The molecule has 9 nitrogen and oxygen atoms in total. The van der Waals surface area contributed by atoms with Gasteiger partial charge in [0.15, 0.2) is 15.9 Å². The molecular weight excluding hydrogens is 288 g/mol. The van der Waals surface area contributed by atoms with Crippen molar-refractivity contribution in [3.05, 3.63) is 12.4 Å². The van der Waals surface area contributed by atoms with E-state index in [-0.39, 0.29) is 13.0 Å². The van der Waals surface area contributed by atoms with Crippen LogP contribution in [-0.2, 0) is 26.0 Å². The fraction of sp³-hybridized carbons (Fsp3) is 0.600. The zero-order valence-electron chi connectivity index (χ0n) is 10.5. The van der Waals surface area contributed by atoms with Crippen LogP contribution in [0.5, 0.6) is 0 Å². The molecular formula is C10H12N4O5S. The van der Waals surface area contributed by atoms with Gasteiger partial charge in [0.2, 0.25) is 5.91 Å². The second-order valence-electron chi connectivity index (χ2n) is 5.12. The number of fused-ring (bicyclic) bond motifs is 1. The van der Waals surface area contributed by atoms with Gasteiger partial charge in [-0.05, 0) is 6.92 Å². The first-order chi connectivity index (χ1) is 9.29. The molecule has 0 radical (unpaired) electrons. The molecule has 0 saturated carbocycles. The second kappa shape index (κ2) is 3.78. The average molecular weight is 300 g/mol. The van der Waals surface area contributed by atoms with Gasteiger partial charge in [0.1, 0.15) is 10.1 Å². The summed E-state index contributed by atoms with van der Waals surface area (Å²) in [5.74, 6) is -1.79. The maximum Gasteiger partial charge on any atom is 0.328 e. The molecule has 2 aliphatic heterocycles. The van der Waals surface area contributed by atoms with Gasteiger partial charge in [-0.25, -0.2) is 13.2 Å². The van der Waals surface area contributed by atoms with Crippen LogP contribution >= 0.6 is 0 Å². The second-order valence-corrected chi connectivity index (χ2v) is 7.68. The van der Waals surface area contributed by atoms with E-state index in [1.165, 1.54) is 19.3 Å². The molecule has 1 amide bonds. The highest BCUT2D eigenvalue weighted by Crippen LogP contribution is 2.46. The summed E-state index contributed by atoms with van der Waals surface area (Å²) in [6, 6.07) is -1.41. The Kier molecular flexibility index (Phi) is 2.46. The Bertz CT molecular complexity index is 685. The Balaban J connectivity index is 2.10. The van der Waals surface area contributed by atoms with Crippen LogP contribution in [0.3, 0.4) is 0 Å². The number of carbonyl (C=O) groups excluding carboxylic acids is 1. The summed E-state index contributed by atoms with van der Waals surface area (Å²) >= 11 is 0. The molecule has 0 bridgehead atoms. The van der Waals surface area contributed by atoms with E-state index >= 15 is 0 Å². The molecule has 3 atom stereocenters. The van der Waals surface area contributed by atoms with Crippen LogP contribution in [0, 0.1) is 0 Å². The topological polar surface area (TPSA) is 122 Å². The number of nitrogens with zero attached hydrogens (tertiary/aromatic N) is 4. The minimum atomic E-state index is -3.81. The van der Waals surface area contributed by atoms with Crippen molar-refractivity contribution in [3.63, 3.8) is 0 Å². The van der Waals surface area contributed by atoms with Crippen molar-refractivity contribution in [2.45, 2.75) is 36.1 Å². The van der Waals surface area contributed by atoms with E-state index in [4.69, 9.17) is 0 Å². The van der Waals surface area contributed by atoms with Crippen LogP contribution < -0.4 is 0 Å². The number of sulfone groups is 1. The van der Waals surface area contributed by atoms with Crippen molar-refractivity contribution in [1.29, 1.82) is 0 Å². The minimum absolute atomic E-state index is 0.158. The van der Waals surface area contributed by atoms with Crippen LogP contribution in [-0.4, -0.2) is 61.5 Å². The van der Waals surface area contributed by atoms with Crippen LogP contribution in [0.15, 0.2) is 12.4 Å². The predicted octanol–water partition coefficient (Wildman–Crippen LogP) is -1.52. The van der Waals surface area contributed by atoms with Crippen LogP contribution in [0.4, 0.5) is 0 Å². The standard InChI is InChI=1S/C10H12N4O5S/c1-10(5-13-11-2-3-12-13)8(9(16)17)14-6(15)4-7(14)20(10,18)19/h2-3,7-8H,4-5H2,1H3,(H,16,17)/t7-,8+,10+/m1/s1. The number of carbonyl (C=O) groups is 2. The predicted molar refractivity (Wildman–Crippen MR) is 64.0 cm³/mol. The summed E-state index contributed by atoms with van der Waals surface area (Å²) < 4.78 is 23.4. The molecule has 2 aliphatic rings. The van der Waals surface area contributed by atoms with Gasteiger partial charge in [-0.2, -0.15) is 15.0 Å². The number of β-lactam (4-membered cyclic amide) rings is 1. The number of aliphatic carboxylic acids is 1. The lowest BCUT2D eigenvalue weighted by molar-refractivity contribution is -0.157. The molecule has 0 aliphatic carbocycles. The molecule has 10 heteroatoms. The number of carboxylic acid groups (broad SMARTS) is 1. The molecule has 0 aromatic carbocycles. The smallest absolute Gasteiger partial charge is 0.328 e. The van der Waals surface area contributed by atoms with Crippen LogP contribution in [0.1, 0.15) is 13.3 Å². The van der Waals surface area contributed by atoms with Crippen LogP contribution in [0.2, 0.25) is 0 Å². The fourth-order valence-electron chi connectivity index (χ4n) is 2.89. The van der Waals surface area contributed by atoms with E-state index in [9.17, 15) is 23.1 Å². The van der Waals surface area contributed by atoms with Gasteiger partial charge in [0.05, 0.1) is 25.4 Å². The van der Waals surface area contributed by atoms with E-state index in [0.29, 0.717) is 0 Å². The first kappa shape index (κ1) is 13.0. The lowest BCUT2D eigenvalue weighted by Crippen LogP contribution is -2.58. The zero-order chi connectivity index (χ0) is 14.7. The highest BCUT2D eigenvalue weighted by atomic mass is 32.2. The van der Waals surface area contributed by atoms with E-state index in [0.717, 1.165) is 9.70 Å². The Morgan fingerprint density at radius 2 is 2.10 bits per heavy atom. The maximum absolute atomic E-state index is 12.5. The van der Waals surface area contributed by atoms with E-state index < -0.39 is 37.9 Å². The summed E-state index contributed by atoms with van der Waals surface area (Å²) in [4.78, 5) is 25.1. The lowest BCUT2D eigenvalue weighted by atomic mass is 9.96. The van der Waals surface area contributed by atoms with Crippen molar-refractivity contribution in [3.8, 4) is 0 Å². The summed E-state index contributed by atoms with van der Waals surface area (Å²) in [7, 11) is -3.81. The molecule has 3 rings (SSSR count). The molecule has 1 aromatic rings. The van der Waals surface area contributed by atoms with E-state index in [2.05, 4.69) is 10.2 Å². The third kappa shape index (κ3) is 1.39. The van der Waals surface area contributed by atoms with Crippen LogP contribution in [0.25, 0.3) is 0 Å². The molecule has 0 spiro atoms. The normalized spacial score (nSPS) is 34.6. The van der Waals surface area contributed by atoms with Gasteiger partial charge in [-0.3, -0.25) is 4.79 Å². The highest BCUT2D eigenvalue weighted by Gasteiger charge is 2.70. The monoisotopic (exact) mass is 300 g/mol. The van der Waals surface area contributed by atoms with Crippen molar-refractivity contribution in [2.75, 3.05) is 0 Å². The van der Waals surface area contributed by atoms with Gasteiger partial charge >= 0.3 is 5.97 Å². The number of hydrogen-bond donors (Lipinski definition) is 1. The summed E-state index contributed by atoms with van der Waals surface area (Å²) in [5.41, 5.74) is 0. The molecule has 3 heterocycles. The quantitative estimate of drug-likeness (QED) is 0.672. The Morgan fingerprint density at radius 1 is 1.50 bits per heavy atom.